The van der Waals surface area contributed by atoms with Gasteiger partial charge < -0.3 is 10.4 Å². The molecule has 7 heteroatoms. The zero-order valence-corrected chi connectivity index (χ0v) is 17.1. The first kappa shape index (κ1) is 20.9. The third-order valence-electron chi connectivity index (χ3n) is 5.62. The molecule has 2 aliphatic rings. The van der Waals surface area contributed by atoms with Crippen LogP contribution in [0.25, 0.3) is 0 Å². The molecule has 0 heterocycles. The van der Waals surface area contributed by atoms with Crippen LogP contribution in [0, 0.1) is 0 Å². The van der Waals surface area contributed by atoms with Crippen LogP contribution < -0.4 is 10.0 Å². The van der Waals surface area contributed by atoms with E-state index in [2.05, 4.69) is 16.1 Å². The van der Waals surface area contributed by atoms with Gasteiger partial charge in [-0.2, -0.15) is 0 Å². The van der Waals surface area contributed by atoms with Gasteiger partial charge in [-0.25, -0.2) is 17.9 Å². The molecule has 0 atom stereocenters. The molecule has 1 fully saturated rings. The van der Waals surface area contributed by atoms with Gasteiger partial charge in [-0.15, -0.1) is 0 Å². The Morgan fingerprint density at radius 2 is 1.89 bits per heavy atom. The molecule has 0 spiro atoms. The van der Waals surface area contributed by atoms with Gasteiger partial charge in [-0.3, -0.25) is 0 Å². The van der Waals surface area contributed by atoms with Crippen LogP contribution in [-0.4, -0.2) is 32.1 Å². The first-order valence-electron chi connectivity index (χ1n) is 10.3. The monoisotopic (exact) mass is 406 g/mol. The van der Waals surface area contributed by atoms with Gasteiger partial charge in [0.25, 0.3) is 0 Å². The Morgan fingerprint density at radius 3 is 2.57 bits per heavy atom. The topological polar surface area (TPSA) is 95.5 Å². The maximum atomic E-state index is 12.6. The molecule has 0 radical (unpaired) electrons. The molecule has 2 aliphatic carbocycles. The van der Waals surface area contributed by atoms with E-state index in [4.69, 9.17) is 0 Å². The van der Waals surface area contributed by atoms with Crippen LogP contribution in [0.3, 0.4) is 0 Å². The molecule has 3 N–H and O–H groups in total. The molecule has 0 unspecified atom stereocenters. The number of carboxylic acids is 1. The minimum atomic E-state index is -3.74. The van der Waals surface area contributed by atoms with Crippen LogP contribution in [0.4, 0.5) is 5.69 Å². The van der Waals surface area contributed by atoms with Crippen molar-refractivity contribution >= 4 is 21.7 Å². The van der Waals surface area contributed by atoms with E-state index in [1.165, 1.54) is 30.5 Å². The van der Waals surface area contributed by atoms with E-state index in [9.17, 15) is 18.3 Å². The number of allylic oxidation sites excluding steroid dienone is 1. The van der Waals surface area contributed by atoms with Crippen molar-refractivity contribution in [2.24, 2.45) is 0 Å². The fourth-order valence-corrected chi connectivity index (χ4v) is 5.08. The van der Waals surface area contributed by atoms with Crippen molar-refractivity contribution in [2.45, 2.75) is 75.1 Å². The summed E-state index contributed by atoms with van der Waals surface area (Å²) in [5, 5.41) is 12.9. The fraction of sp³-hybridized carbons (Fsp3) is 0.571. The molecular formula is C21H30N2O4S. The van der Waals surface area contributed by atoms with E-state index in [0.29, 0.717) is 18.7 Å². The summed E-state index contributed by atoms with van der Waals surface area (Å²) in [4.78, 5) is 11.7. The Bertz CT molecular complexity index is 827. The van der Waals surface area contributed by atoms with Gasteiger partial charge in [0.2, 0.25) is 10.0 Å². The molecular weight excluding hydrogens is 376 g/mol. The number of carboxylic acid groups (broad SMARTS) is 1. The van der Waals surface area contributed by atoms with Crippen LogP contribution in [0.1, 0.15) is 74.6 Å². The minimum absolute atomic E-state index is 0.00304. The van der Waals surface area contributed by atoms with Gasteiger partial charge in [0.15, 0.2) is 0 Å². The van der Waals surface area contributed by atoms with E-state index >= 15 is 0 Å². The van der Waals surface area contributed by atoms with Crippen molar-refractivity contribution in [1.82, 2.24) is 4.72 Å². The maximum absolute atomic E-state index is 12.6. The van der Waals surface area contributed by atoms with Gasteiger partial charge >= 0.3 is 5.97 Å². The highest BCUT2D eigenvalue weighted by Gasteiger charge is 2.21. The molecule has 0 amide bonds. The number of hydrogen-bond donors (Lipinski definition) is 3. The number of carbonyl (C=O) groups is 1. The SMILES string of the molecule is O=C(O)c1cc(S(=O)(=O)NCCC2=CCCCC2)ccc1NC1CCCCC1. The van der Waals surface area contributed by atoms with Crippen LogP contribution in [0.5, 0.6) is 0 Å². The normalized spacial score (nSPS) is 18.5. The Kier molecular flexibility index (Phi) is 7.13. The smallest absolute Gasteiger partial charge is 0.337 e. The fourth-order valence-electron chi connectivity index (χ4n) is 4.02. The van der Waals surface area contributed by atoms with Crippen molar-refractivity contribution in [3.8, 4) is 0 Å². The molecule has 0 saturated heterocycles. The van der Waals surface area contributed by atoms with Crippen molar-refractivity contribution in [3.63, 3.8) is 0 Å². The quantitative estimate of drug-likeness (QED) is 0.560. The van der Waals surface area contributed by atoms with Crippen molar-refractivity contribution in [1.29, 1.82) is 0 Å². The molecule has 1 aromatic rings. The first-order chi connectivity index (χ1) is 13.5. The highest BCUT2D eigenvalue weighted by atomic mass is 32.2. The van der Waals surface area contributed by atoms with E-state index in [1.54, 1.807) is 6.07 Å². The lowest BCUT2D eigenvalue weighted by molar-refractivity contribution is 0.0697. The van der Waals surface area contributed by atoms with Crippen LogP contribution in [-0.2, 0) is 10.0 Å². The third-order valence-corrected chi connectivity index (χ3v) is 7.08. The Labute approximate surface area is 167 Å². The number of rotatable bonds is 8. The second-order valence-corrected chi connectivity index (χ2v) is 9.51. The average Bonchev–Trinajstić information content (AvgIpc) is 2.69. The molecule has 0 aromatic heterocycles. The van der Waals surface area contributed by atoms with Gasteiger partial charge in [-0.05, 0) is 63.1 Å². The average molecular weight is 407 g/mol. The number of anilines is 1. The second-order valence-electron chi connectivity index (χ2n) is 7.75. The summed E-state index contributed by atoms with van der Waals surface area (Å²) in [7, 11) is -3.74. The van der Waals surface area contributed by atoms with E-state index in [1.807, 2.05) is 0 Å². The summed E-state index contributed by atoms with van der Waals surface area (Å²) >= 11 is 0. The van der Waals surface area contributed by atoms with Gasteiger partial charge in [0.1, 0.15) is 0 Å². The summed E-state index contributed by atoms with van der Waals surface area (Å²) in [6.07, 6.45) is 12.9. The molecule has 3 rings (SSSR count). The highest BCUT2D eigenvalue weighted by Crippen LogP contribution is 2.26. The summed E-state index contributed by atoms with van der Waals surface area (Å²) in [5.74, 6) is -1.12. The lowest BCUT2D eigenvalue weighted by atomic mass is 9.95. The standard InChI is InChI=1S/C21H30N2O4S/c24-21(25)19-15-18(11-12-20(19)23-17-9-5-2-6-10-17)28(26,27)22-14-13-16-7-3-1-4-8-16/h7,11-12,15,17,22-23H,1-6,8-10,13-14H2,(H,24,25). The predicted molar refractivity (Wildman–Crippen MR) is 110 cm³/mol. The number of nitrogens with one attached hydrogen (secondary N) is 2. The summed E-state index contributed by atoms with van der Waals surface area (Å²) < 4.78 is 27.8. The molecule has 154 valence electrons. The lowest BCUT2D eigenvalue weighted by Gasteiger charge is -2.24. The first-order valence-corrected chi connectivity index (χ1v) is 11.8. The van der Waals surface area contributed by atoms with Crippen molar-refractivity contribution < 1.29 is 18.3 Å². The molecule has 1 aromatic carbocycles. The number of aromatic carboxylic acids is 1. The lowest BCUT2D eigenvalue weighted by Crippen LogP contribution is -2.26. The molecule has 1 saturated carbocycles. The van der Waals surface area contributed by atoms with Crippen LogP contribution in [0.15, 0.2) is 34.7 Å². The second kappa shape index (κ2) is 9.56. The Morgan fingerprint density at radius 1 is 1.11 bits per heavy atom. The van der Waals surface area contributed by atoms with E-state index < -0.39 is 16.0 Å². The van der Waals surface area contributed by atoms with Crippen LogP contribution >= 0.6 is 0 Å². The largest absolute Gasteiger partial charge is 0.478 e. The van der Waals surface area contributed by atoms with Crippen LogP contribution in [0.2, 0.25) is 0 Å². The zero-order valence-electron chi connectivity index (χ0n) is 16.2. The molecule has 0 bridgehead atoms. The van der Waals surface area contributed by atoms with Gasteiger partial charge in [0, 0.05) is 18.3 Å². The van der Waals surface area contributed by atoms with Gasteiger partial charge in [0.05, 0.1) is 10.5 Å². The number of sulfonamides is 1. The molecule has 0 aliphatic heterocycles. The number of hydrogen-bond acceptors (Lipinski definition) is 4. The van der Waals surface area contributed by atoms with Crippen molar-refractivity contribution in [3.05, 3.63) is 35.4 Å². The maximum Gasteiger partial charge on any atom is 0.337 e. The molecule has 28 heavy (non-hydrogen) atoms. The zero-order chi connectivity index (χ0) is 20.0. The molecule has 6 nitrogen and oxygen atoms in total. The summed E-state index contributed by atoms with van der Waals surface area (Å²) in [6, 6.07) is 4.57. The minimum Gasteiger partial charge on any atom is -0.478 e. The van der Waals surface area contributed by atoms with E-state index in [-0.39, 0.29) is 16.5 Å². The third kappa shape index (κ3) is 5.58. The predicted octanol–water partition coefficient (Wildman–Crippen LogP) is 4.30. The Balaban J connectivity index is 1.68. The van der Waals surface area contributed by atoms with Crippen molar-refractivity contribution in [2.75, 3.05) is 11.9 Å². The van der Waals surface area contributed by atoms with E-state index in [0.717, 1.165) is 44.9 Å². The Hall–Kier alpha value is -1.86. The highest BCUT2D eigenvalue weighted by molar-refractivity contribution is 7.89. The summed E-state index contributed by atoms with van der Waals surface area (Å²) in [6.45, 7) is 0.332. The number of benzene rings is 1. The van der Waals surface area contributed by atoms with Gasteiger partial charge in [-0.1, -0.05) is 30.9 Å². The summed E-state index contributed by atoms with van der Waals surface area (Å²) in [5.41, 5.74) is 1.79.